The summed E-state index contributed by atoms with van der Waals surface area (Å²) in [6.07, 6.45) is 3.05. The first kappa shape index (κ1) is 21.6. The Balaban J connectivity index is 2.16. The second-order valence-corrected chi connectivity index (χ2v) is 7.70. The molecule has 1 saturated heterocycles. The third kappa shape index (κ3) is 4.27. The van der Waals surface area contributed by atoms with Gasteiger partial charge in [-0.25, -0.2) is 8.78 Å². The van der Waals surface area contributed by atoms with Gasteiger partial charge in [-0.3, -0.25) is 9.89 Å². The summed E-state index contributed by atoms with van der Waals surface area (Å²) in [7, 11) is 2.09. The molecule has 1 fully saturated rings. The van der Waals surface area contributed by atoms with E-state index in [2.05, 4.69) is 28.4 Å². The number of piperazine rings is 1. The molecule has 1 atom stereocenters. The van der Waals surface area contributed by atoms with Gasteiger partial charge in [-0.15, -0.1) is 0 Å². The van der Waals surface area contributed by atoms with Crippen molar-refractivity contribution in [2.75, 3.05) is 33.2 Å². The molecule has 1 aliphatic heterocycles. The van der Waals surface area contributed by atoms with Gasteiger partial charge in [0, 0.05) is 49.6 Å². The lowest BCUT2D eigenvalue weighted by Gasteiger charge is -2.37. The predicted octanol–water partition coefficient (Wildman–Crippen LogP) is 5.96. The Labute approximate surface area is 176 Å². The van der Waals surface area contributed by atoms with E-state index in [4.69, 9.17) is 11.6 Å². The van der Waals surface area contributed by atoms with Crippen LogP contribution in [0.3, 0.4) is 0 Å². The van der Waals surface area contributed by atoms with E-state index in [0.29, 0.717) is 11.1 Å². The van der Waals surface area contributed by atoms with E-state index in [0.717, 1.165) is 26.2 Å². The first-order valence-corrected chi connectivity index (χ1v) is 10.1. The average molecular weight is 418 g/mol. The maximum absolute atomic E-state index is 15.7. The highest BCUT2D eigenvalue weighted by Crippen LogP contribution is 2.43. The van der Waals surface area contributed by atoms with Gasteiger partial charge >= 0.3 is 0 Å². The minimum Gasteiger partial charge on any atom is -0.304 e. The Kier molecular flexibility index (Phi) is 6.83. The van der Waals surface area contributed by atoms with Crippen LogP contribution in [0.25, 0.3) is 17.2 Å². The molecule has 1 unspecified atom stereocenters. The summed E-state index contributed by atoms with van der Waals surface area (Å²) < 4.78 is 30.4. The van der Waals surface area contributed by atoms with Gasteiger partial charge in [0.25, 0.3) is 0 Å². The molecular formula is C23H26ClF2N3. The molecule has 1 heterocycles. The van der Waals surface area contributed by atoms with Crippen LogP contribution in [0, 0.1) is 11.6 Å². The zero-order valence-corrected chi connectivity index (χ0v) is 17.8. The Morgan fingerprint density at radius 2 is 1.86 bits per heavy atom. The second kappa shape index (κ2) is 9.16. The molecule has 1 aliphatic rings. The number of hydrogen-bond donors (Lipinski definition) is 0. The number of aliphatic imine (C=N–C) groups is 1. The predicted molar refractivity (Wildman–Crippen MR) is 118 cm³/mol. The van der Waals surface area contributed by atoms with Crippen molar-refractivity contribution in [3.8, 4) is 11.1 Å². The fourth-order valence-corrected chi connectivity index (χ4v) is 4.11. The van der Waals surface area contributed by atoms with Crippen LogP contribution in [-0.4, -0.2) is 49.2 Å². The van der Waals surface area contributed by atoms with Crippen molar-refractivity contribution in [2.24, 2.45) is 4.99 Å². The molecule has 0 amide bonds. The first-order valence-electron chi connectivity index (χ1n) is 9.73. The molecule has 2 aromatic rings. The van der Waals surface area contributed by atoms with Crippen molar-refractivity contribution in [1.29, 1.82) is 0 Å². The lowest BCUT2D eigenvalue weighted by molar-refractivity contribution is 0.119. The van der Waals surface area contributed by atoms with Gasteiger partial charge in [-0.05, 0) is 44.2 Å². The van der Waals surface area contributed by atoms with Gasteiger partial charge < -0.3 is 4.90 Å². The molecule has 0 bridgehead atoms. The highest BCUT2D eigenvalue weighted by Gasteiger charge is 2.28. The number of rotatable bonds is 5. The van der Waals surface area contributed by atoms with Gasteiger partial charge in [-0.1, -0.05) is 36.4 Å². The fourth-order valence-electron chi connectivity index (χ4n) is 3.82. The van der Waals surface area contributed by atoms with E-state index in [1.165, 1.54) is 12.1 Å². The largest absolute Gasteiger partial charge is 0.304 e. The van der Waals surface area contributed by atoms with Crippen molar-refractivity contribution in [3.63, 3.8) is 0 Å². The van der Waals surface area contributed by atoms with Crippen LogP contribution < -0.4 is 0 Å². The van der Waals surface area contributed by atoms with Crippen LogP contribution in [0.2, 0.25) is 5.02 Å². The number of benzene rings is 2. The smallest absolute Gasteiger partial charge is 0.158 e. The average Bonchev–Trinajstić information content (AvgIpc) is 2.71. The highest BCUT2D eigenvalue weighted by molar-refractivity contribution is 6.33. The standard InChI is InChI=1S/C23H26ClF2N3/c1-5-16-8-7-9-19(25)20(16)21-18(24)14-17(23(22(21)26)27-6-2)15(3)29-12-10-28(4)11-13-29/h5-9,14-15H,1,10-13H2,2-4H3. The Bertz CT molecular complexity index is 934. The third-order valence-corrected chi connectivity index (χ3v) is 5.83. The van der Waals surface area contributed by atoms with E-state index in [1.54, 1.807) is 31.3 Å². The Hall–Kier alpha value is -2.08. The van der Waals surface area contributed by atoms with Crippen LogP contribution >= 0.6 is 11.6 Å². The summed E-state index contributed by atoms with van der Waals surface area (Å²) in [6.45, 7) is 11.1. The zero-order valence-electron chi connectivity index (χ0n) is 17.1. The van der Waals surface area contributed by atoms with E-state index in [1.807, 2.05) is 6.92 Å². The van der Waals surface area contributed by atoms with Crippen molar-refractivity contribution in [2.45, 2.75) is 19.9 Å². The van der Waals surface area contributed by atoms with Gasteiger partial charge in [-0.2, -0.15) is 0 Å². The SMILES string of the molecule is C=Cc1cccc(F)c1-c1c(Cl)cc(C(C)N2CCN(C)CC2)c(N=CC)c1F. The van der Waals surface area contributed by atoms with Crippen molar-refractivity contribution in [1.82, 2.24) is 9.80 Å². The molecule has 3 nitrogen and oxygen atoms in total. The number of hydrogen-bond acceptors (Lipinski definition) is 3. The van der Waals surface area contributed by atoms with Gasteiger partial charge in [0.1, 0.15) is 11.5 Å². The number of likely N-dealkylation sites (N-methyl/N-ethyl adjacent to an activating group) is 1. The van der Waals surface area contributed by atoms with Crippen LogP contribution in [0.5, 0.6) is 0 Å². The molecule has 0 spiro atoms. The molecule has 0 aliphatic carbocycles. The normalized spacial score (nSPS) is 17.0. The van der Waals surface area contributed by atoms with Gasteiger partial charge in [0.2, 0.25) is 0 Å². The number of nitrogens with zero attached hydrogens (tertiary/aromatic N) is 3. The minimum atomic E-state index is -0.611. The maximum Gasteiger partial charge on any atom is 0.158 e. The van der Waals surface area contributed by atoms with Crippen LogP contribution in [0.4, 0.5) is 14.5 Å². The van der Waals surface area contributed by atoms with E-state index in [9.17, 15) is 4.39 Å². The maximum atomic E-state index is 15.7. The topological polar surface area (TPSA) is 18.8 Å². The molecule has 29 heavy (non-hydrogen) atoms. The molecule has 2 aromatic carbocycles. The van der Waals surface area contributed by atoms with E-state index >= 15 is 4.39 Å². The molecule has 6 heteroatoms. The summed E-state index contributed by atoms with van der Waals surface area (Å²) in [5.74, 6) is -1.16. The summed E-state index contributed by atoms with van der Waals surface area (Å²) in [6, 6.07) is 6.20. The summed E-state index contributed by atoms with van der Waals surface area (Å²) in [4.78, 5) is 8.86. The van der Waals surface area contributed by atoms with Crippen LogP contribution in [0.1, 0.15) is 31.0 Å². The Morgan fingerprint density at radius 1 is 1.17 bits per heavy atom. The Morgan fingerprint density at radius 3 is 2.48 bits per heavy atom. The summed E-state index contributed by atoms with van der Waals surface area (Å²) >= 11 is 6.53. The van der Waals surface area contributed by atoms with Crippen molar-refractivity contribution >= 4 is 29.6 Å². The van der Waals surface area contributed by atoms with Crippen molar-refractivity contribution in [3.05, 3.63) is 58.6 Å². The van der Waals surface area contributed by atoms with E-state index in [-0.39, 0.29) is 27.9 Å². The van der Waals surface area contributed by atoms with Gasteiger partial charge in [0.15, 0.2) is 5.82 Å². The first-order chi connectivity index (χ1) is 13.9. The molecular weight excluding hydrogens is 392 g/mol. The minimum absolute atomic E-state index is 0.0228. The summed E-state index contributed by atoms with van der Waals surface area (Å²) in [5.41, 5.74) is 1.52. The third-order valence-electron chi connectivity index (χ3n) is 5.53. The molecule has 0 saturated carbocycles. The molecule has 0 radical (unpaired) electrons. The second-order valence-electron chi connectivity index (χ2n) is 7.30. The highest BCUT2D eigenvalue weighted by atomic mass is 35.5. The van der Waals surface area contributed by atoms with E-state index < -0.39 is 11.6 Å². The quantitative estimate of drug-likeness (QED) is 0.559. The fraction of sp³-hybridized carbons (Fsp3) is 0.348. The van der Waals surface area contributed by atoms with Crippen LogP contribution in [-0.2, 0) is 0 Å². The molecule has 154 valence electrons. The molecule has 0 N–H and O–H groups in total. The van der Waals surface area contributed by atoms with Crippen LogP contribution in [0.15, 0.2) is 35.8 Å². The van der Waals surface area contributed by atoms with Crippen molar-refractivity contribution < 1.29 is 8.78 Å². The lowest BCUT2D eigenvalue weighted by Crippen LogP contribution is -2.45. The molecule has 3 rings (SSSR count). The molecule has 0 aromatic heterocycles. The monoisotopic (exact) mass is 417 g/mol. The lowest BCUT2D eigenvalue weighted by atomic mass is 9.94. The summed E-state index contributed by atoms with van der Waals surface area (Å²) in [5, 5.41) is 0.168. The zero-order chi connectivity index (χ0) is 21.1. The number of halogens is 3. The van der Waals surface area contributed by atoms with Gasteiger partial charge in [0.05, 0.1) is 5.02 Å².